The van der Waals surface area contributed by atoms with Gasteiger partial charge in [0.25, 0.3) is 11.1 Å². The minimum absolute atomic E-state index is 0.0178. The normalized spacial score (nSPS) is 26.4. The van der Waals surface area contributed by atoms with Crippen LogP contribution in [0.5, 0.6) is 5.75 Å². The number of aromatic amines is 2. The molecule has 1 amide bonds. The molecule has 3 saturated heterocycles. The van der Waals surface area contributed by atoms with Crippen LogP contribution in [0.25, 0.3) is 22.3 Å². The van der Waals surface area contributed by atoms with E-state index >= 15 is 0 Å². The number of anilines is 2. The smallest absolute Gasteiger partial charge is 0.386 e. The van der Waals surface area contributed by atoms with Gasteiger partial charge in [0.05, 0.1) is 98.4 Å². The Hall–Kier alpha value is -5.21. The molecule has 0 aliphatic carbocycles. The topological polar surface area (TPSA) is 390 Å². The Balaban J connectivity index is 0.791. The number of nitrogens with two attached hydrogens (primary N) is 2. The van der Waals surface area contributed by atoms with Crippen LogP contribution in [0, 0.1) is 29.1 Å². The molecule has 7 heterocycles. The van der Waals surface area contributed by atoms with Gasteiger partial charge in [-0.2, -0.15) is 18.7 Å². The summed E-state index contributed by atoms with van der Waals surface area (Å²) in [6, 6.07) is -1.36. The molecule has 3 aliphatic rings. The summed E-state index contributed by atoms with van der Waals surface area (Å²) in [5, 5.41) is 14.2. The molecule has 6 unspecified atom stereocenters. The number of ether oxygens (including phenoxy) is 8. The van der Waals surface area contributed by atoms with Crippen LogP contribution >= 0.6 is 38.1 Å². The van der Waals surface area contributed by atoms with Gasteiger partial charge in [-0.15, -0.1) is 0 Å². The lowest BCUT2D eigenvalue weighted by atomic mass is 10.1. The van der Waals surface area contributed by atoms with Gasteiger partial charge in [0, 0.05) is 6.42 Å². The first-order valence-corrected chi connectivity index (χ1v) is 28.7. The summed E-state index contributed by atoms with van der Waals surface area (Å²) in [5.41, 5.74) is 9.66. The van der Waals surface area contributed by atoms with Crippen LogP contribution in [0.2, 0.25) is 0 Å². The highest BCUT2D eigenvalue weighted by atomic mass is 32.7. The Morgan fingerprint density at radius 3 is 1.59 bits per heavy atom. The molecule has 10 atom stereocenters. The summed E-state index contributed by atoms with van der Waals surface area (Å²) in [5.74, 6) is -15.7. The van der Waals surface area contributed by atoms with Crippen LogP contribution in [-0.2, 0) is 70.0 Å². The highest BCUT2D eigenvalue weighted by Crippen LogP contribution is 2.60. The number of benzene rings is 1. The van der Waals surface area contributed by atoms with Crippen LogP contribution in [0.4, 0.5) is 33.8 Å². The molecule has 0 spiro atoms. The maximum Gasteiger partial charge on any atom is 0.386 e. The van der Waals surface area contributed by atoms with Crippen LogP contribution in [0.15, 0.2) is 22.2 Å². The summed E-state index contributed by atoms with van der Waals surface area (Å²) in [6.45, 7) is -10.2. The molecule has 434 valence electrons. The monoisotopic (exact) mass is 1210 g/mol. The molecule has 30 nitrogen and oxygen atoms in total. The highest BCUT2D eigenvalue weighted by molar-refractivity contribution is 8.44. The van der Waals surface area contributed by atoms with Crippen molar-refractivity contribution < 1.29 is 102 Å². The minimum Gasteiger partial charge on any atom is -0.420 e. The molecule has 79 heavy (non-hydrogen) atoms. The van der Waals surface area contributed by atoms with Gasteiger partial charge in [-0.3, -0.25) is 56.4 Å². The van der Waals surface area contributed by atoms with Crippen LogP contribution in [0.1, 0.15) is 25.3 Å². The summed E-state index contributed by atoms with van der Waals surface area (Å²) in [7, 11) is 0. The number of carbonyl (C=O) groups excluding carboxylic acids is 2. The zero-order valence-electron chi connectivity index (χ0n) is 40.5. The van der Waals surface area contributed by atoms with Gasteiger partial charge in [-0.05, 0) is 0 Å². The summed E-state index contributed by atoms with van der Waals surface area (Å²) in [6.07, 6.45) is -8.96. The summed E-state index contributed by atoms with van der Waals surface area (Å²) in [4.78, 5) is 71.6. The average molecular weight is 1210 g/mol. The van der Waals surface area contributed by atoms with Crippen molar-refractivity contribution in [1.29, 1.82) is 0 Å². The predicted octanol–water partition coefficient (Wildman–Crippen LogP) is 1.12. The lowest BCUT2D eigenvalue weighted by Gasteiger charge is -2.30. The van der Waals surface area contributed by atoms with E-state index in [0.717, 1.165) is 6.33 Å². The number of nitrogen functional groups attached to an aromatic ring is 2. The molecule has 4 aromatic heterocycles. The molecule has 0 radical (unpaired) electrons. The average Bonchev–Trinajstić information content (AvgIpc) is 4.30. The Bertz CT molecular complexity index is 3210. The second-order valence-corrected chi connectivity index (χ2v) is 22.6. The van der Waals surface area contributed by atoms with Gasteiger partial charge in [0.1, 0.15) is 36.6 Å². The zero-order chi connectivity index (χ0) is 56.8. The van der Waals surface area contributed by atoms with Gasteiger partial charge in [0.15, 0.2) is 34.8 Å². The number of aromatic nitrogens is 8. The molecule has 8 N–H and O–H groups in total. The first-order valence-electron chi connectivity index (χ1n) is 23.3. The van der Waals surface area contributed by atoms with E-state index in [2.05, 4.69) is 64.5 Å². The van der Waals surface area contributed by atoms with Crippen LogP contribution < -0.4 is 32.6 Å². The third kappa shape index (κ3) is 14.5. The Kier molecular flexibility index (Phi) is 19.8. The lowest BCUT2D eigenvalue weighted by molar-refractivity contribution is -0.136. The highest BCUT2D eigenvalue weighted by Gasteiger charge is 2.54. The zero-order valence-corrected chi connectivity index (χ0v) is 44.1. The van der Waals surface area contributed by atoms with Gasteiger partial charge in [0.2, 0.25) is 52.6 Å². The van der Waals surface area contributed by atoms with Crippen molar-refractivity contribution in [3.05, 3.63) is 62.4 Å². The van der Waals surface area contributed by atoms with Crippen LogP contribution in [-0.4, -0.2) is 172 Å². The SMILES string of the molecule is Nc1nc2c(ncn2[C@@H]2O[C@@H]3COP(=O)(S)OC4C(NC(=O)CCOCCOCCOCCOCCOCCC(=O)Oc5c(F)c(F)c(F)c(F)c5F)[C@H](n5cnc6c(=O)[nH]c(N)nc65)O[C@@H]4COP(=O)(S)OC3C2O)c(=O)[nH]1. The lowest BCUT2D eigenvalue weighted by Crippen LogP contribution is -2.48. The maximum absolute atomic E-state index is 14.1. The summed E-state index contributed by atoms with van der Waals surface area (Å²) >= 11 is 8.33. The van der Waals surface area contributed by atoms with E-state index in [0.29, 0.717) is 0 Å². The van der Waals surface area contributed by atoms with Crippen molar-refractivity contribution in [3.63, 3.8) is 0 Å². The van der Waals surface area contributed by atoms with Crippen LogP contribution in [0.3, 0.4) is 0 Å². The number of imidazole rings is 2. The first kappa shape index (κ1) is 59.9. The fraction of sp³-hybridized carbons (Fsp3) is 0.550. The fourth-order valence-electron chi connectivity index (χ4n) is 7.97. The third-order valence-corrected chi connectivity index (χ3v) is 14.8. The van der Waals surface area contributed by atoms with Gasteiger partial charge < -0.3 is 59.8 Å². The van der Waals surface area contributed by atoms with Crippen molar-refractivity contribution >= 4 is 84.2 Å². The van der Waals surface area contributed by atoms with E-state index in [1.807, 2.05) is 0 Å². The Labute approximate surface area is 449 Å². The maximum atomic E-state index is 14.1. The van der Waals surface area contributed by atoms with E-state index in [1.54, 1.807) is 0 Å². The number of H-pyrrole nitrogens is 2. The van der Waals surface area contributed by atoms with Gasteiger partial charge in [-0.1, -0.05) is 24.5 Å². The number of carbonyl (C=O) groups is 2. The number of fused-ring (bicyclic) bond motifs is 4. The Morgan fingerprint density at radius 2 is 1.09 bits per heavy atom. The second-order valence-electron chi connectivity index (χ2n) is 16.9. The molecule has 0 bridgehead atoms. The second kappa shape index (κ2) is 26.1. The van der Waals surface area contributed by atoms with E-state index < -0.39 is 140 Å². The largest absolute Gasteiger partial charge is 0.420 e. The van der Waals surface area contributed by atoms with E-state index in [1.165, 1.54) is 15.5 Å². The fourth-order valence-corrected chi connectivity index (χ4v) is 11.0. The van der Waals surface area contributed by atoms with Gasteiger partial charge in [-0.25, -0.2) is 32.3 Å². The van der Waals surface area contributed by atoms with Crippen molar-refractivity contribution in [2.75, 3.05) is 90.7 Å². The first-order chi connectivity index (χ1) is 37.6. The molecule has 8 rings (SSSR count). The standard InChI is InChI=1S/C40H48F5N11O19P2S2/c41-21-22(42)24(44)32(25(45)23(21)43)73-20(58)2-4-65-6-8-67-10-12-68-11-9-66-7-5-64-3-1-19(57)50-26-30-17(71-37(26)55-15-48-27-33(55)51-39(46)53-35(27)60)13-69-77(63,79)75-31-18(14-70-76(62,78)74-30)72-38(29(31)59)56-16-49-28-34(56)52-40(47)54-36(28)61/h15-18,26,29-31,37-38,59H,1-14H2,(H,50,57)(H,62,78)(H,63,79)(H3,46,51,53,60)(H3,47,52,54,61)/t17-,18-,26?,29?,30?,31?,37-,38-,76?,77?/m1/s1. The van der Waals surface area contributed by atoms with Crippen molar-refractivity contribution in [2.24, 2.45) is 0 Å². The number of amides is 1. The number of nitrogens with one attached hydrogen (secondary N) is 3. The molecule has 0 saturated carbocycles. The van der Waals surface area contributed by atoms with E-state index in [9.17, 15) is 55.4 Å². The minimum atomic E-state index is -4.57. The number of hydrogen-bond acceptors (Lipinski definition) is 25. The quantitative estimate of drug-likeness (QED) is 0.00703. The molecule has 5 aromatic rings. The number of thiol groups is 2. The number of esters is 1. The Morgan fingerprint density at radius 1 is 0.671 bits per heavy atom. The van der Waals surface area contributed by atoms with Gasteiger partial charge >= 0.3 is 19.6 Å². The molecule has 3 aliphatic heterocycles. The number of nitrogens with zero attached hydrogens (tertiary/aromatic N) is 6. The molecule has 3 fully saturated rings. The number of aliphatic hydroxyl groups excluding tert-OH is 1. The van der Waals surface area contributed by atoms with E-state index in [4.69, 9.17) is 62.7 Å². The van der Waals surface area contributed by atoms with E-state index in [-0.39, 0.29) is 107 Å². The van der Waals surface area contributed by atoms with Crippen molar-refractivity contribution in [1.82, 2.24) is 44.4 Å². The molecular weight excluding hydrogens is 1160 g/mol. The number of aliphatic hydroxyl groups is 1. The van der Waals surface area contributed by atoms with Crippen molar-refractivity contribution in [3.8, 4) is 5.75 Å². The molecular formula is C40H48F5N11O19P2S2. The summed E-state index contributed by atoms with van der Waals surface area (Å²) < 4.78 is 164. The third-order valence-electron chi connectivity index (χ3n) is 11.5. The number of halogens is 5. The predicted molar refractivity (Wildman–Crippen MR) is 261 cm³/mol. The number of hydrogen-bond donors (Lipinski definition) is 8. The van der Waals surface area contributed by atoms with Crippen molar-refractivity contribution in [2.45, 2.75) is 61.9 Å². The molecule has 1 aromatic carbocycles. The molecule has 39 heteroatoms. The number of rotatable bonds is 22.